The van der Waals surface area contributed by atoms with E-state index in [-0.39, 0.29) is 5.91 Å². The minimum atomic E-state index is 0.00925. The SMILES string of the molecule is CCCCCCCCCC(=O)NN=Cc1ccc(CC)cc1. The van der Waals surface area contributed by atoms with Crippen molar-refractivity contribution in [3.05, 3.63) is 35.4 Å². The van der Waals surface area contributed by atoms with Gasteiger partial charge in [-0.2, -0.15) is 5.10 Å². The molecule has 1 aromatic rings. The van der Waals surface area contributed by atoms with E-state index in [2.05, 4.69) is 36.5 Å². The standard InChI is InChI=1S/C19H30N2O/c1-3-5-6-7-8-9-10-11-19(22)21-20-16-18-14-12-17(4-2)13-15-18/h12-16H,3-11H2,1-2H3,(H,21,22). The van der Waals surface area contributed by atoms with Gasteiger partial charge >= 0.3 is 0 Å². The molecule has 0 aromatic heterocycles. The number of unbranched alkanes of at least 4 members (excludes halogenated alkanes) is 6. The van der Waals surface area contributed by atoms with Crippen molar-refractivity contribution in [1.29, 1.82) is 0 Å². The molecule has 0 bridgehead atoms. The molecule has 1 amide bonds. The molecule has 0 saturated heterocycles. The number of aryl methyl sites for hydroxylation is 1. The van der Waals surface area contributed by atoms with Gasteiger partial charge in [0.2, 0.25) is 5.91 Å². The fraction of sp³-hybridized carbons (Fsp3) is 0.579. The maximum Gasteiger partial charge on any atom is 0.240 e. The van der Waals surface area contributed by atoms with Crippen LogP contribution in [0.1, 0.15) is 76.3 Å². The van der Waals surface area contributed by atoms with Crippen LogP contribution in [0, 0.1) is 0 Å². The fourth-order valence-corrected chi connectivity index (χ4v) is 2.32. The van der Waals surface area contributed by atoms with E-state index >= 15 is 0 Å². The third-order valence-electron chi connectivity index (χ3n) is 3.80. The van der Waals surface area contributed by atoms with Crippen LogP contribution in [0.25, 0.3) is 0 Å². The average molecular weight is 302 g/mol. The van der Waals surface area contributed by atoms with Crippen LogP contribution in [0.2, 0.25) is 0 Å². The largest absolute Gasteiger partial charge is 0.273 e. The third kappa shape index (κ3) is 8.60. The Kier molecular flexibility index (Phi) is 10.0. The number of hydrazone groups is 1. The van der Waals surface area contributed by atoms with Crippen LogP contribution in [0.4, 0.5) is 0 Å². The number of amides is 1. The van der Waals surface area contributed by atoms with Gasteiger partial charge < -0.3 is 0 Å². The van der Waals surface area contributed by atoms with Gasteiger partial charge in [-0.15, -0.1) is 0 Å². The van der Waals surface area contributed by atoms with Crippen LogP contribution in [-0.4, -0.2) is 12.1 Å². The molecule has 0 fully saturated rings. The molecule has 22 heavy (non-hydrogen) atoms. The van der Waals surface area contributed by atoms with Crippen LogP contribution >= 0.6 is 0 Å². The maximum absolute atomic E-state index is 11.6. The van der Waals surface area contributed by atoms with E-state index in [1.54, 1.807) is 6.21 Å². The van der Waals surface area contributed by atoms with Gasteiger partial charge in [0.15, 0.2) is 0 Å². The molecule has 0 atom stereocenters. The van der Waals surface area contributed by atoms with Gasteiger partial charge in [-0.25, -0.2) is 5.43 Å². The summed E-state index contributed by atoms with van der Waals surface area (Å²) in [6, 6.07) is 8.21. The van der Waals surface area contributed by atoms with Crippen molar-refractivity contribution < 1.29 is 4.79 Å². The summed E-state index contributed by atoms with van der Waals surface area (Å²) in [7, 11) is 0. The lowest BCUT2D eigenvalue weighted by atomic mass is 10.1. The third-order valence-corrected chi connectivity index (χ3v) is 3.80. The average Bonchev–Trinajstić information content (AvgIpc) is 2.54. The molecule has 1 aromatic carbocycles. The second-order valence-electron chi connectivity index (χ2n) is 5.76. The van der Waals surface area contributed by atoms with Crippen molar-refractivity contribution in [3.8, 4) is 0 Å². The van der Waals surface area contributed by atoms with Crippen molar-refractivity contribution in [2.45, 2.75) is 71.6 Å². The van der Waals surface area contributed by atoms with E-state index in [1.165, 1.54) is 37.7 Å². The monoisotopic (exact) mass is 302 g/mol. The Hall–Kier alpha value is -1.64. The lowest BCUT2D eigenvalue weighted by Gasteiger charge is -2.01. The molecule has 0 unspecified atom stereocenters. The minimum absolute atomic E-state index is 0.00925. The highest BCUT2D eigenvalue weighted by Gasteiger charge is 1.99. The Labute approximate surface area is 135 Å². The topological polar surface area (TPSA) is 41.5 Å². The van der Waals surface area contributed by atoms with Gasteiger partial charge in [-0.3, -0.25) is 4.79 Å². The van der Waals surface area contributed by atoms with Gasteiger partial charge in [0, 0.05) is 6.42 Å². The Bertz CT molecular complexity index is 437. The lowest BCUT2D eigenvalue weighted by molar-refractivity contribution is -0.121. The quantitative estimate of drug-likeness (QED) is 0.355. The second kappa shape index (κ2) is 12.0. The van der Waals surface area contributed by atoms with Gasteiger partial charge in [0.05, 0.1) is 6.21 Å². The van der Waals surface area contributed by atoms with Crippen LogP contribution in [-0.2, 0) is 11.2 Å². The smallest absolute Gasteiger partial charge is 0.240 e. The number of benzene rings is 1. The summed E-state index contributed by atoms with van der Waals surface area (Å²) in [5.41, 5.74) is 4.91. The predicted octanol–water partition coefficient (Wildman–Crippen LogP) is 4.84. The Balaban J connectivity index is 2.10. The van der Waals surface area contributed by atoms with Gasteiger partial charge in [0.25, 0.3) is 0 Å². The molecule has 0 spiro atoms. The highest BCUT2D eigenvalue weighted by atomic mass is 16.2. The highest BCUT2D eigenvalue weighted by molar-refractivity contribution is 5.82. The number of carbonyl (C=O) groups excluding carboxylic acids is 1. The van der Waals surface area contributed by atoms with Crippen LogP contribution in [0.5, 0.6) is 0 Å². The molecule has 0 heterocycles. The van der Waals surface area contributed by atoms with Gasteiger partial charge in [0.1, 0.15) is 0 Å². The summed E-state index contributed by atoms with van der Waals surface area (Å²) in [5, 5.41) is 4.01. The lowest BCUT2D eigenvalue weighted by Crippen LogP contribution is -2.16. The van der Waals surface area contributed by atoms with Crippen molar-refractivity contribution in [1.82, 2.24) is 5.43 Å². The first-order valence-electron chi connectivity index (χ1n) is 8.67. The van der Waals surface area contributed by atoms with Gasteiger partial charge in [-0.1, -0.05) is 76.6 Å². The van der Waals surface area contributed by atoms with Crippen LogP contribution < -0.4 is 5.43 Å². The number of nitrogens with zero attached hydrogens (tertiary/aromatic N) is 1. The summed E-state index contributed by atoms with van der Waals surface area (Å²) in [6.07, 6.45) is 11.9. The van der Waals surface area contributed by atoms with E-state index in [1.807, 2.05) is 12.1 Å². The highest BCUT2D eigenvalue weighted by Crippen LogP contribution is 2.08. The first kappa shape index (κ1) is 18.4. The normalized spacial score (nSPS) is 11.0. The molecule has 0 aliphatic heterocycles. The van der Waals surface area contributed by atoms with E-state index in [0.717, 1.165) is 24.8 Å². The van der Waals surface area contributed by atoms with E-state index in [0.29, 0.717) is 6.42 Å². The maximum atomic E-state index is 11.6. The molecular formula is C19H30N2O. The molecular weight excluding hydrogens is 272 g/mol. The molecule has 0 aliphatic rings. The summed E-state index contributed by atoms with van der Waals surface area (Å²) < 4.78 is 0. The van der Waals surface area contributed by atoms with E-state index in [4.69, 9.17) is 0 Å². The number of hydrogen-bond acceptors (Lipinski definition) is 2. The molecule has 3 heteroatoms. The van der Waals surface area contributed by atoms with Crippen molar-refractivity contribution in [2.75, 3.05) is 0 Å². The first-order valence-corrected chi connectivity index (χ1v) is 8.67. The molecule has 0 saturated carbocycles. The van der Waals surface area contributed by atoms with Crippen molar-refractivity contribution >= 4 is 12.1 Å². The molecule has 3 nitrogen and oxygen atoms in total. The predicted molar refractivity (Wildman–Crippen MR) is 94.2 cm³/mol. The first-order chi connectivity index (χ1) is 10.8. The second-order valence-corrected chi connectivity index (χ2v) is 5.76. The summed E-state index contributed by atoms with van der Waals surface area (Å²) in [5.74, 6) is 0.00925. The Morgan fingerprint density at radius 1 is 1.00 bits per heavy atom. The zero-order chi connectivity index (χ0) is 16.0. The van der Waals surface area contributed by atoms with E-state index < -0.39 is 0 Å². The fourth-order valence-electron chi connectivity index (χ4n) is 2.32. The summed E-state index contributed by atoms with van der Waals surface area (Å²) >= 11 is 0. The molecule has 1 N–H and O–H groups in total. The number of rotatable bonds is 11. The number of nitrogens with one attached hydrogen (secondary N) is 1. The molecule has 0 radical (unpaired) electrons. The zero-order valence-electron chi connectivity index (χ0n) is 14.1. The van der Waals surface area contributed by atoms with Crippen LogP contribution in [0.3, 0.4) is 0 Å². The number of hydrogen-bond donors (Lipinski definition) is 1. The van der Waals surface area contributed by atoms with Gasteiger partial charge in [-0.05, 0) is 24.0 Å². The molecule has 1 rings (SSSR count). The Morgan fingerprint density at radius 2 is 1.64 bits per heavy atom. The number of carbonyl (C=O) groups is 1. The summed E-state index contributed by atoms with van der Waals surface area (Å²) in [4.78, 5) is 11.6. The molecule has 122 valence electrons. The van der Waals surface area contributed by atoms with E-state index in [9.17, 15) is 4.79 Å². The zero-order valence-corrected chi connectivity index (χ0v) is 14.1. The summed E-state index contributed by atoms with van der Waals surface area (Å²) in [6.45, 7) is 4.36. The van der Waals surface area contributed by atoms with Crippen LogP contribution in [0.15, 0.2) is 29.4 Å². The molecule has 0 aliphatic carbocycles. The van der Waals surface area contributed by atoms with Crippen molar-refractivity contribution in [3.63, 3.8) is 0 Å². The van der Waals surface area contributed by atoms with Crippen molar-refractivity contribution in [2.24, 2.45) is 5.10 Å². The Morgan fingerprint density at radius 3 is 2.27 bits per heavy atom. The minimum Gasteiger partial charge on any atom is -0.273 e.